The van der Waals surface area contributed by atoms with E-state index in [1.807, 2.05) is 38.1 Å². The molecule has 5 heterocycles. The number of H-pyrrole nitrogens is 2. The van der Waals surface area contributed by atoms with Crippen molar-refractivity contribution in [2.45, 2.75) is 177 Å². The van der Waals surface area contributed by atoms with Gasteiger partial charge < -0.3 is 24.5 Å². The average Bonchev–Trinajstić information content (AvgIpc) is 4.00. The van der Waals surface area contributed by atoms with E-state index in [9.17, 15) is 19.5 Å². The highest BCUT2D eigenvalue weighted by molar-refractivity contribution is 6.48. The van der Waals surface area contributed by atoms with Gasteiger partial charge in [-0.1, -0.05) is 106 Å². The maximum absolute atomic E-state index is 14.4. The van der Waals surface area contributed by atoms with Crippen LogP contribution in [-0.4, -0.2) is 51.4 Å². The number of methoxy groups -OCH3 is 1. The second kappa shape index (κ2) is 21.5. The number of allylic oxidation sites excluding steroid dienone is 1. The smallest absolute Gasteiger partial charge is 0.342 e. The first-order chi connectivity index (χ1) is 30.9. The fourth-order valence-electron chi connectivity index (χ4n) is 10.6. The summed E-state index contributed by atoms with van der Waals surface area (Å²) in [6.07, 6.45) is 14.6. The van der Waals surface area contributed by atoms with E-state index in [1.165, 1.54) is 57.6 Å². The van der Waals surface area contributed by atoms with Crippen molar-refractivity contribution in [2.24, 2.45) is 17.8 Å². The standard InChI is InChI=1S/C55H76N4O6/c1-13-39-34(7)41-29-46-48(38(11)60)36(9)43(57-46)27-42-35(8)40(52(58-42)50-51(55(63)64-12)54(62)49-37(10)44(59-53(49)50)28-45(39)56-41)23-24-47(61)65-26-25-33(6)22-16-21-32(5)20-15-19-31(4)18-14-17-30(2)3/h25,27-32,34-35,39-40,57,59-60H,13-24,26H2,1-12H3/p-1/b33-25+,42-27?,45-28?,46-29?,48-38-/t31-,32-,34?,35+,39?,40+/m1/s1. The maximum Gasteiger partial charge on any atom is 0.342 e. The zero-order valence-corrected chi connectivity index (χ0v) is 41.4. The minimum Gasteiger partial charge on any atom is -0.875 e. The van der Waals surface area contributed by atoms with Crippen LogP contribution >= 0.6 is 0 Å². The Hall–Kier alpha value is -4.99. The Bertz CT molecular complexity index is 2590. The van der Waals surface area contributed by atoms with Crippen molar-refractivity contribution in [1.82, 2.24) is 19.9 Å². The van der Waals surface area contributed by atoms with Gasteiger partial charge in [0, 0.05) is 68.9 Å². The Morgan fingerprint density at radius 3 is 2.05 bits per heavy atom. The molecule has 0 radical (unpaired) electrons. The number of fused-ring (bicyclic) bond motifs is 8. The van der Waals surface area contributed by atoms with Gasteiger partial charge in [0.15, 0.2) is 0 Å². The monoisotopic (exact) mass is 888 g/mol. The number of aryl methyl sites for hydroxylation is 2. The van der Waals surface area contributed by atoms with E-state index in [-0.39, 0.29) is 54.0 Å². The molecular formula is C55H75N4O6-. The molecule has 352 valence electrons. The molecule has 10 heteroatoms. The van der Waals surface area contributed by atoms with Crippen molar-refractivity contribution >= 4 is 51.1 Å². The number of rotatable bonds is 19. The van der Waals surface area contributed by atoms with Gasteiger partial charge in [0.25, 0.3) is 0 Å². The van der Waals surface area contributed by atoms with Gasteiger partial charge in [0.05, 0.1) is 23.9 Å². The Morgan fingerprint density at radius 1 is 0.800 bits per heavy atom. The first-order valence-corrected chi connectivity index (χ1v) is 24.6. The first-order valence-electron chi connectivity index (χ1n) is 24.6. The molecule has 2 aliphatic heterocycles. The van der Waals surface area contributed by atoms with Crippen molar-refractivity contribution in [3.63, 3.8) is 0 Å². The summed E-state index contributed by atoms with van der Waals surface area (Å²) in [5.41, 5.74) is 8.79. The van der Waals surface area contributed by atoms with Crippen molar-refractivity contribution in [3.8, 4) is 0 Å². The Balaban J connectivity index is 1.26. The van der Waals surface area contributed by atoms with Crippen molar-refractivity contribution in [1.29, 1.82) is 0 Å². The van der Waals surface area contributed by atoms with E-state index in [2.05, 4.69) is 65.4 Å². The molecule has 1 aliphatic carbocycles. The number of ketones is 1. The highest BCUT2D eigenvalue weighted by Gasteiger charge is 2.38. The Morgan fingerprint density at radius 2 is 1.40 bits per heavy atom. The lowest BCUT2D eigenvalue weighted by Crippen LogP contribution is -2.22. The molecule has 10 nitrogen and oxygen atoms in total. The van der Waals surface area contributed by atoms with Gasteiger partial charge in [0.1, 0.15) is 12.2 Å². The number of carbonyl (C=O) groups excluding carboxylic acids is 3. The van der Waals surface area contributed by atoms with E-state index in [1.54, 1.807) is 6.92 Å². The number of Topliss-reactive ketones (excluding diaryl/α,β-unsaturated/α-hetero) is 1. The minimum absolute atomic E-state index is 0.0565. The van der Waals surface area contributed by atoms with Crippen LogP contribution in [0.5, 0.6) is 0 Å². The van der Waals surface area contributed by atoms with Gasteiger partial charge in [0.2, 0.25) is 5.78 Å². The van der Waals surface area contributed by atoms with Crippen LogP contribution in [0.2, 0.25) is 0 Å². The topological polar surface area (TPSA) is 150 Å². The lowest BCUT2D eigenvalue weighted by atomic mass is 9.86. The van der Waals surface area contributed by atoms with E-state index in [4.69, 9.17) is 19.4 Å². The van der Waals surface area contributed by atoms with Crippen LogP contribution in [0.3, 0.4) is 0 Å². The number of esters is 2. The van der Waals surface area contributed by atoms with E-state index in [0.717, 1.165) is 59.1 Å². The number of hydrogen-bond donors (Lipinski definition) is 2. The molecule has 3 aliphatic rings. The summed E-state index contributed by atoms with van der Waals surface area (Å²) in [6, 6.07) is 5.97. The number of aromatic amines is 2. The molecule has 8 bridgehead atoms. The van der Waals surface area contributed by atoms with Gasteiger partial charge >= 0.3 is 11.9 Å². The normalized spacial score (nSPS) is 19.8. The predicted molar refractivity (Wildman–Crippen MR) is 260 cm³/mol. The van der Waals surface area contributed by atoms with Crippen LogP contribution in [0.15, 0.2) is 29.8 Å². The molecule has 0 spiro atoms. The van der Waals surface area contributed by atoms with Crippen LogP contribution in [0.1, 0.15) is 207 Å². The second-order valence-electron chi connectivity index (χ2n) is 20.1. The van der Waals surface area contributed by atoms with Crippen LogP contribution < -0.4 is 15.5 Å². The maximum atomic E-state index is 14.4. The van der Waals surface area contributed by atoms with Crippen molar-refractivity contribution in [3.05, 3.63) is 79.8 Å². The number of carbonyl (C=O) groups is 3. The second-order valence-corrected chi connectivity index (χ2v) is 20.1. The highest BCUT2D eigenvalue weighted by atomic mass is 16.5. The SMILES string of the molecule is CCC1c2cc3[nH]c4c(c3C)C(=O)C(C(=O)OC)=c4c3nc(cc4[nH]c(cc(n2)C1C)/c(=C(/C)[O-])c4C)[C@@H](C)[C@@H]3CCC(=O)OC/C=C(\C)CCC[C@H](C)CCC[C@H](C)CCCC(C)C. The number of ether oxygens (including phenoxy) is 2. The fourth-order valence-corrected chi connectivity index (χ4v) is 10.6. The molecule has 65 heavy (non-hydrogen) atoms. The van der Waals surface area contributed by atoms with Crippen LogP contribution in [0, 0.1) is 31.6 Å². The number of hydrogen-bond acceptors (Lipinski definition) is 8. The van der Waals surface area contributed by atoms with E-state index < -0.39 is 11.8 Å². The quantitative estimate of drug-likeness (QED) is 0.0892. The van der Waals surface area contributed by atoms with Gasteiger partial charge in [-0.2, -0.15) is 0 Å². The molecule has 0 aromatic carbocycles. The summed E-state index contributed by atoms with van der Waals surface area (Å²) in [5.74, 6) is 0.411. The Labute approximate surface area is 386 Å². The van der Waals surface area contributed by atoms with Crippen molar-refractivity contribution in [2.75, 3.05) is 13.7 Å². The molecular weight excluding hydrogens is 813 g/mol. The summed E-state index contributed by atoms with van der Waals surface area (Å²) in [4.78, 5) is 58.8. The third kappa shape index (κ3) is 11.0. The molecule has 3 aromatic heterocycles. The lowest BCUT2D eigenvalue weighted by Gasteiger charge is -2.16. The molecule has 6 rings (SSSR count). The number of nitrogens with zero attached hydrogens (tertiary/aromatic N) is 2. The van der Waals surface area contributed by atoms with Gasteiger partial charge in [-0.05, 0) is 105 Å². The third-order valence-electron chi connectivity index (χ3n) is 14.7. The zero-order valence-electron chi connectivity index (χ0n) is 41.4. The van der Waals surface area contributed by atoms with Gasteiger partial charge in [-0.15, -0.1) is 5.76 Å². The third-order valence-corrected chi connectivity index (χ3v) is 14.7. The van der Waals surface area contributed by atoms with Crippen LogP contribution in [0.25, 0.3) is 33.4 Å². The van der Waals surface area contributed by atoms with Gasteiger partial charge in [-0.3, -0.25) is 19.6 Å². The van der Waals surface area contributed by atoms with E-state index in [0.29, 0.717) is 56.3 Å². The molecule has 2 N–H and O–H groups in total. The summed E-state index contributed by atoms with van der Waals surface area (Å²) in [7, 11) is 1.28. The summed E-state index contributed by atoms with van der Waals surface area (Å²) in [5, 5.41) is 14.2. The molecule has 0 saturated carbocycles. The molecule has 0 amide bonds. The highest BCUT2D eigenvalue weighted by Crippen LogP contribution is 2.41. The Kier molecular flexibility index (Phi) is 16.4. The number of aromatic nitrogens is 4. The van der Waals surface area contributed by atoms with E-state index >= 15 is 0 Å². The van der Waals surface area contributed by atoms with Gasteiger partial charge in [-0.25, -0.2) is 4.79 Å². The minimum atomic E-state index is -0.736. The molecule has 2 unspecified atom stereocenters. The summed E-state index contributed by atoms with van der Waals surface area (Å²) in [6.45, 7) is 23.5. The van der Waals surface area contributed by atoms with Crippen LogP contribution in [0.4, 0.5) is 0 Å². The average molecular weight is 888 g/mol. The number of nitrogens with one attached hydrogen (secondary N) is 2. The molecule has 0 saturated heterocycles. The molecule has 6 atom stereocenters. The first kappa shape index (κ1) is 49.4. The summed E-state index contributed by atoms with van der Waals surface area (Å²) >= 11 is 0. The lowest BCUT2D eigenvalue weighted by molar-refractivity contribution is -0.248. The van der Waals surface area contributed by atoms with Crippen molar-refractivity contribution < 1.29 is 29.0 Å². The fraction of sp³-hybridized carbons (Fsp3) is 0.582. The summed E-state index contributed by atoms with van der Waals surface area (Å²) < 4.78 is 11.0. The zero-order chi connectivity index (χ0) is 47.3. The molecule has 3 aromatic rings. The van der Waals surface area contributed by atoms with Crippen LogP contribution in [-0.2, 0) is 19.1 Å². The predicted octanol–water partition coefficient (Wildman–Crippen LogP) is 10.8. The molecule has 0 fully saturated rings. The largest absolute Gasteiger partial charge is 0.875 e.